The molecule has 1 atom stereocenters. The number of likely N-dealkylation sites (tertiary alicyclic amines) is 1. The molecular weight excluding hydrogens is 276 g/mol. The molecule has 1 aliphatic heterocycles. The van der Waals surface area contributed by atoms with Crippen LogP contribution >= 0.6 is 0 Å². The second-order valence-electron chi connectivity index (χ2n) is 5.84. The van der Waals surface area contributed by atoms with Gasteiger partial charge in [-0.1, -0.05) is 12.1 Å². The van der Waals surface area contributed by atoms with Crippen LogP contribution in [0.2, 0.25) is 0 Å². The summed E-state index contributed by atoms with van der Waals surface area (Å²) in [6.45, 7) is 6.99. The van der Waals surface area contributed by atoms with Crippen LogP contribution < -0.4 is 15.4 Å². The summed E-state index contributed by atoms with van der Waals surface area (Å²) in [5, 5.41) is 6.77. The van der Waals surface area contributed by atoms with Crippen molar-refractivity contribution in [3.05, 3.63) is 29.8 Å². The zero-order valence-corrected chi connectivity index (χ0v) is 13.9. The van der Waals surface area contributed by atoms with Crippen LogP contribution in [0.1, 0.15) is 18.9 Å². The summed E-state index contributed by atoms with van der Waals surface area (Å²) in [4.78, 5) is 7.04. The second-order valence-corrected chi connectivity index (χ2v) is 5.84. The third-order valence-corrected chi connectivity index (χ3v) is 3.97. The van der Waals surface area contributed by atoms with Crippen LogP contribution in [0.4, 0.5) is 0 Å². The lowest BCUT2D eigenvalue weighted by atomic mass is 10.1. The van der Waals surface area contributed by atoms with Gasteiger partial charge in [-0.15, -0.1) is 0 Å². The summed E-state index contributed by atoms with van der Waals surface area (Å²) < 4.78 is 5.17. The minimum absolute atomic E-state index is 0.671. The molecule has 0 aliphatic carbocycles. The number of guanidine groups is 1. The van der Waals surface area contributed by atoms with Gasteiger partial charge in [0.05, 0.1) is 13.7 Å². The van der Waals surface area contributed by atoms with E-state index in [0.717, 1.165) is 30.7 Å². The molecule has 0 bridgehead atoms. The van der Waals surface area contributed by atoms with E-state index in [1.165, 1.54) is 25.1 Å². The first kappa shape index (κ1) is 16.6. The minimum Gasteiger partial charge on any atom is -0.497 e. The average Bonchev–Trinajstić information content (AvgIpc) is 2.96. The highest BCUT2D eigenvalue weighted by Gasteiger charge is 2.19. The zero-order chi connectivity index (χ0) is 15.8. The third-order valence-electron chi connectivity index (χ3n) is 3.97. The van der Waals surface area contributed by atoms with Gasteiger partial charge in [-0.25, -0.2) is 4.99 Å². The summed E-state index contributed by atoms with van der Waals surface area (Å²) in [6.07, 6.45) is 1.27. The van der Waals surface area contributed by atoms with Crippen molar-refractivity contribution < 1.29 is 4.74 Å². The Labute approximate surface area is 133 Å². The quantitative estimate of drug-likeness (QED) is 0.620. The fraction of sp³-hybridized carbons (Fsp3) is 0.588. The lowest BCUT2D eigenvalue weighted by Crippen LogP contribution is -2.40. The molecule has 122 valence electrons. The van der Waals surface area contributed by atoms with Crippen molar-refractivity contribution >= 4 is 5.96 Å². The standard InChI is InChI=1S/C17H28N4O/c1-4-18-17(20-12-15-9-10-21(2)13-15)19-11-14-5-7-16(22-3)8-6-14/h5-8,15H,4,9-13H2,1-3H3,(H2,18,19,20). The van der Waals surface area contributed by atoms with E-state index >= 15 is 0 Å². The molecule has 5 nitrogen and oxygen atoms in total. The van der Waals surface area contributed by atoms with Gasteiger partial charge in [0.1, 0.15) is 5.75 Å². The highest BCUT2D eigenvalue weighted by molar-refractivity contribution is 5.79. The Kier molecular flexibility index (Phi) is 6.52. The first-order valence-electron chi connectivity index (χ1n) is 8.05. The molecule has 1 saturated heterocycles. The van der Waals surface area contributed by atoms with Crippen molar-refractivity contribution in [1.82, 2.24) is 15.5 Å². The van der Waals surface area contributed by atoms with Gasteiger partial charge in [-0.05, 0) is 50.6 Å². The Hall–Kier alpha value is -1.75. The molecule has 5 heteroatoms. The molecule has 1 fully saturated rings. The van der Waals surface area contributed by atoms with E-state index in [4.69, 9.17) is 4.74 Å². The lowest BCUT2D eigenvalue weighted by molar-refractivity contribution is 0.394. The van der Waals surface area contributed by atoms with E-state index in [-0.39, 0.29) is 0 Å². The minimum atomic E-state index is 0.671. The predicted octanol–water partition coefficient (Wildman–Crippen LogP) is 1.70. The predicted molar refractivity (Wildman–Crippen MR) is 91.4 cm³/mol. The van der Waals surface area contributed by atoms with Gasteiger partial charge in [-0.2, -0.15) is 0 Å². The van der Waals surface area contributed by atoms with Gasteiger partial charge in [0.2, 0.25) is 0 Å². The van der Waals surface area contributed by atoms with E-state index in [1.54, 1.807) is 7.11 Å². The van der Waals surface area contributed by atoms with Gasteiger partial charge < -0.3 is 20.3 Å². The highest BCUT2D eigenvalue weighted by Crippen LogP contribution is 2.13. The monoisotopic (exact) mass is 304 g/mol. The summed E-state index contributed by atoms with van der Waals surface area (Å²) in [5.41, 5.74) is 1.18. The number of ether oxygens (including phenoxy) is 1. The molecule has 1 heterocycles. The van der Waals surface area contributed by atoms with Crippen LogP contribution in [0.25, 0.3) is 0 Å². The summed E-state index contributed by atoms with van der Waals surface area (Å²) >= 11 is 0. The summed E-state index contributed by atoms with van der Waals surface area (Å²) in [6, 6.07) is 8.05. The molecule has 1 aliphatic rings. The molecule has 1 aromatic carbocycles. The lowest BCUT2D eigenvalue weighted by Gasteiger charge is -2.15. The maximum atomic E-state index is 5.17. The first-order valence-corrected chi connectivity index (χ1v) is 8.05. The fourth-order valence-electron chi connectivity index (χ4n) is 2.68. The Morgan fingerprint density at radius 1 is 1.32 bits per heavy atom. The van der Waals surface area contributed by atoms with E-state index in [9.17, 15) is 0 Å². The van der Waals surface area contributed by atoms with Gasteiger partial charge in [0.25, 0.3) is 0 Å². The Morgan fingerprint density at radius 2 is 2.09 bits per heavy atom. The van der Waals surface area contributed by atoms with Crippen LogP contribution in [0.3, 0.4) is 0 Å². The molecular formula is C17H28N4O. The number of rotatable bonds is 6. The largest absolute Gasteiger partial charge is 0.497 e. The summed E-state index contributed by atoms with van der Waals surface area (Å²) in [7, 11) is 3.86. The van der Waals surface area contributed by atoms with Crippen molar-refractivity contribution in [3.8, 4) is 5.75 Å². The molecule has 2 N–H and O–H groups in total. The average molecular weight is 304 g/mol. The second kappa shape index (κ2) is 8.63. The Morgan fingerprint density at radius 3 is 2.68 bits per heavy atom. The smallest absolute Gasteiger partial charge is 0.191 e. The van der Waals surface area contributed by atoms with Crippen molar-refractivity contribution in [2.24, 2.45) is 10.9 Å². The molecule has 2 rings (SSSR count). The number of hydrogen-bond donors (Lipinski definition) is 2. The topological polar surface area (TPSA) is 48.9 Å². The number of methoxy groups -OCH3 is 1. The van der Waals surface area contributed by atoms with E-state index in [1.807, 2.05) is 12.1 Å². The Balaban J connectivity index is 1.85. The maximum Gasteiger partial charge on any atom is 0.191 e. The van der Waals surface area contributed by atoms with Crippen molar-refractivity contribution in [2.45, 2.75) is 19.9 Å². The third kappa shape index (κ3) is 5.22. The number of nitrogens with zero attached hydrogens (tertiary/aromatic N) is 2. The van der Waals surface area contributed by atoms with Gasteiger partial charge in [-0.3, -0.25) is 0 Å². The maximum absolute atomic E-state index is 5.17. The first-order chi connectivity index (χ1) is 10.7. The Bertz CT molecular complexity index is 472. The van der Waals surface area contributed by atoms with Crippen LogP contribution in [0.5, 0.6) is 5.75 Å². The van der Waals surface area contributed by atoms with E-state index in [2.05, 4.69) is 46.6 Å². The van der Waals surface area contributed by atoms with Gasteiger partial charge in [0, 0.05) is 19.6 Å². The number of nitrogens with one attached hydrogen (secondary N) is 2. The van der Waals surface area contributed by atoms with Crippen LogP contribution in [-0.2, 0) is 6.54 Å². The molecule has 1 unspecified atom stereocenters. The van der Waals surface area contributed by atoms with Crippen molar-refractivity contribution in [2.75, 3.05) is 40.3 Å². The number of aliphatic imine (C=N–C) groups is 1. The fourth-order valence-corrected chi connectivity index (χ4v) is 2.68. The SMILES string of the molecule is CCNC(=NCc1ccc(OC)cc1)NCC1CCN(C)C1. The van der Waals surface area contributed by atoms with Crippen LogP contribution in [-0.4, -0.2) is 51.2 Å². The van der Waals surface area contributed by atoms with Crippen molar-refractivity contribution in [3.63, 3.8) is 0 Å². The molecule has 1 aromatic rings. The number of benzene rings is 1. The molecule has 0 saturated carbocycles. The number of hydrogen-bond acceptors (Lipinski definition) is 3. The molecule has 0 amide bonds. The molecule has 0 aromatic heterocycles. The normalized spacial score (nSPS) is 19.2. The van der Waals surface area contributed by atoms with Crippen LogP contribution in [0.15, 0.2) is 29.3 Å². The summed E-state index contributed by atoms with van der Waals surface area (Å²) in [5.74, 6) is 2.49. The highest BCUT2D eigenvalue weighted by atomic mass is 16.5. The van der Waals surface area contributed by atoms with Crippen molar-refractivity contribution in [1.29, 1.82) is 0 Å². The van der Waals surface area contributed by atoms with E-state index < -0.39 is 0 Å². The zero-order valence-electron chi connectivity index (χ0n) is 13.9. The van der Waals surface area contributed by atoms with E-state index in [0.29, 0.717) is 6.54 Å². The van der Waals surface area contributed by atoms with Gasteiger partial charge >= 0.3 is 0 Å². The molecule has 0 radical (unpaired) electrons. The molecule has 0 spiro atoms. The van der Waals surface area contributed by atoms with Gasteiger partial charge in [0.15, 0.2) is 5.96 Å². The van der Waals surface area contributed by atoms with Crippen LogP contribution in [0, 0.1) is 5.92 Å². The molecule has 22 heavy (non-hydrogen) atoms.